The number of aliphatic hydroxyl groups is 1. The molecule has 2 rings (SSSR count). The van der Waals surface area contributed by atoms with E-state index in [1.165, 1.54) is 0 Å². The average molecular weight is 236 g/mol. The lowest BCUT2D eigenvalue weighted by Gasteiger charge is -2.44. The van der Waals surface area contributed by atoms with Gasteiger partial charge in [-0.3, -0.25) is 9.69 Å². The summed E-state index contributed by atoms with van der Waals surface area (Å²) in [7, 11) is 1.86. The van der Waals surface area contributed by atoms with Gasteiger partial charge in [0, 0.05) is 32.0 Å². The summed E-state index contributed by atoms with van der Waals surface area (Å²) < 4.78 is 0. The molecule has 0 radical (unpaired) electrons. The Balaban J connectivity index is 0.00000112. The van der Waals surface area contributed by atoms with Gasteiger partial charge in [-0.25, -0.2) is 0 Å². The summed E-state index contributed by atoms with van der Waals surface area (Å²) in [6, 6.07) is 0. The molecule has 2 atom stereocenters. The van der Waals surface area contributed by atoms with Crippen molar-refractivity contribution in [3.63, 3.8) is 0 Å². The quantitative estimate of drug-likeness (QED) is 0.547. The number of likely N-dealkylation sites (tertiary alicyclic amines) is 1. The second-order valence-electron chi connectivity index (χ2n) is 4.38. The largest absolute Gasteiger partial charge is 0.392 e. The highest BCUT2D eigenvalue weighted by atomic mass is 35.5. The van der Waals surface area contributed by atoms with Crippen molar-refractivity contribution in [3.8, 4) is 0 Å². The number of likely N-dealkylation sites (N-methyl/N-ethyl adjacent to an activating group) is 1. The average Bonchev–Trinajstić information content (AvgIpc) is 2.24. The van der Waals surface area contributed by atoms with E-state index >= 15 is 0 Å². The molecule has 2 aliphatic heterocycles. The summed E-state index contributed by atoms with van der Waals surface area (Å²) in [4.78, 5) is 13.5. The predicted octanol–water partition coefficient (Wildman–Crippen LogP) is -1.45. The Bertz CT molecular complexity index is 256. The van der Waals surface area contributed by atoms with Crippen LogP contribution < -0.4 is 11.1 Å². The van der Waals surface area contributed by atoms with Crippen LogP contribution in [-0.2, 0) is 4.79 Å². The van der Waals surface area contributed by atoms with Crippen LogP contribution >= 0.6 is 12.4 Å². The molecule has 0 bridgehead atoms. The summed E-state index contributed by atoms with van der Waals surface area (Å²) in [5.74, 6) is -0.0507. The van der Waals surface area contributed by atoms with Crippen molar-refractivity contribution < 1.29 is 9.90 Å². The maximum Gasteiger partial charge on any atom is 0.238 e. The second-order valence-corrected chi connectivity index (χ2v) is 4.38. The molecule has 2 unspecified atom stereocenters. The third-order valence-electron chi connectivity index (χ3n) is 3.60. The standard InChI is InChI=1S/C9H17N3O2.ClH/c1-12-5-7(13)2-9(12,8(10)14)6-3-11-4-6;/h6-7,11,13H,2-5H2,1H3,(H2,10,14);1H. The lowest BCUT2D eigenvalue weighted by atomic mass is 9.77. The van der Waals surface area contributed by atoms with Crippen molar-refractivity contribution in [2.75, 3.05) is 26.7 Å². The van der Waals surface area contributed by atoms with Gasteiger partial charge in [-0.15, -0.1) is 12.4 Å². The van der Waals surface area contributed by atoms with Crippen LogP contribution in [0.3, 0.4) is 0 Å². The molecule has 6 heteroatoms. The van der Waals surface area contributed by atoms with E-state index in [0.29, 0.717) is 13.0 Å². The van der Waals surface area contributed by atoms with E-state index in [-0.39, 0.29) is 24.2 Å². The summed E-state index contributed by atoms with van der Waals surface area (Å²) in [6.45, 7) is 2.18. The smallest absolute Gasteiger partial charge is 0.238 e. The molecule has 0 aromatic heterocycles. The first-order valence-corrected chi connectivity index (χ1v) is 4.97. The lowest BCUT2D eigenvalue weighted by molar-refractivity contribution is -0.132. The van der Waals surface area contributed by atoms with Gasteiger partial charge in [0.25, 0.3) is 0 Å². The lowest BCUT2D eigenvalue weighted by Crippen LogP contribution is -2.66. The monoisotopic (exact) mass is 235 g/mol. The van der Waals surface area contributed by atoms with Crippen molar-refractivity contribution in [1.82, 2.24) is 10.2 Å². The van der Waals surface area contributed by atoms with Crippen LogP contribution in [0.25, 0.3) is 0 Å². The molecule has 2 aliphatic rings. The minimum Gasteiger partial charge on any atom is -0.392 e. The zero-order valence-electron chi connectivity index (χ0n) is 8.77. The first-order valence-electron chi connectivity index (χ1n) is 4.97. The van der Waals surface area contributed by atoms with Gasteiger partial charge in [0.2, 0.25) is 5.91 Å². The van der Waals surface area contributed by atoms with E-state index in [2.05, 4.69) is 5.32 Å². The number of aliphatic hydroxyl groups excluding tert-OH is 1. The van der Waals surface area contributed by atoms with Crippen molar-refractivity contribution in [3.05, 3.63) is 0 Å². The van der Waals surface area contributed by atoms with Crippen molar-refractivity contribution in [2.45, 2.75) is 18.1 Å². The SMILES string of the molecule is CN1CC(O)CC1(C(N)=O)C1CNC1.Cl. The number of hydrogen-bond donors (Lipinski definition) is 3. The molecule has 15 heavy (non-hydrogen) atoms. The summed E-state index contributed by atoms with van der Waals surface area (Å²) >= 11 is 0. The minimum atomic E-state index is -0.620. The molecule has 4 N–H and O–H groups in total. The Morgan fingerprint density at radius 3 is 2.47 bits per heavy atom. The molecule has 2 heterocycles. The molecular weight excluding hydrogens is 218 g/mol. The number of nitrogens with zero attached hydrogens (tertiary/aromatic N) is 1. The van der Waals surface area contributed by atoms with Gasteiger partial charge in [0.1, 0.15) is 5.54 Å². The van der Waals surface area contributed by atoms with E-state index in [9.17, 15) is 9.90 Å². The molecule has 0 saturated carbocycles. The second kappa shape index (κ2) is 4.25. The van der Waals surface area contributed by atoms with Crippen LogP contribution in [0.2, 0.25) is 0 Å². The molecular formula is C9H18ClN3O2. The van der Waals surface area contributed by atoms with Crippen molar-refractivity contribution >= 4 is 18.3 Å². The Kier molecular flexibility index (Phi) is 3.60. The highest BCUT2D eigenvalue weighted by Crippen LogP contribution is 2.36. The third kappa shape index (κ3) is 1.73. The van der Waals surface area contributed by atoms with Crippen LogP contribution in [0.1, 0.15) is 6.42 Å². The van der Waals surface area contributed by atoms with Crippen LogP contribution in [0.15, 0.2) is 0 Å². The maximum absolute atomic E-state index is 11.6. The van der Waals surface area contributed by atoms with Gasteiger partial charge >= 0.3 is 0 Å². The molecule has 2 saturated heterocycles. The minimum absolute atomic E-state index is 0. The Morgan fingerprint density at radius 2 is 2.20 bits per heavy atom. The Morgan fingerprint density at radius 1 is 1.60 bits per heavy atom. The zero-order chi connectivity index (χ0) is 10.3. The number of nitrogens with two attached hydrogens (primary N) is 1. The van der Waals surface area contributed by atoms with E-state index in [1.54, 1.807) is 0 Å². The van der Waals surface area contributed by atoms with E-state index in [0.717, 1.165) is 13.1 Å². The third-order valence-corrected chi connectivity index (χ3v) is 3.60. The fraction of sp³-hybridized carbons (Fsp3) is 0.889. The van der Waals surface area contributed by atoms with Gasteiger partial charge in [0.15, 0.2) is 0 Å². The molecule has 0 aromatic carbocycles. The molecule has 0 spiro atoms. The molecule has 88 valence electrons. The van der Waals surface area contributed by atoms with E-state index in [1.807, 2.05) is 11.9 Å². The van der Waals surface area contributed by atoms with Crippen LogP contribution in [0.5, 0.6) is 0 Å². The van der Waals surface area contributed by atoms with E-state index in [4.69, 9.17) is 5.73 Å². The number of nitrogens with one attached hydrogen (secondary N) is 1. The number of hydrogen-bond acceptors (Lipinski definition) is 4. The number of primary amides is 1. The van der Waals surface area contributed by atoms with Gasteiger partial charge in [-0.05, 0) is 7.05 Å². The van der Waals surface area contributed by atoms with Gasteiger partial charge < -0.3 is 16.2 Å². The Hall–Kier alpha value is -0.360. The van der Waals surface area contributed by atoms with Crippen LogP contribution in [0.4, 0.5) is 0 Å². The number of rotatable bonds is 2. The first-order chi connectivity index (χ1) is 6.57. The van der Waals surface area contributed by atoms with E-state index < -0.39 is 11.6 Å². The maximum atomic E-state index is 11.6. The number of halogens is 1. The van der Waals surface area contributed by atoms with Crippen molar-refractivity contribution in [1.29, 1.82) is 0 Å². The number of carbonyl (C=O) groups excluding carboxylic acids is 1. The number of β-amino-alcohol motifs (C(OH)–C–C–N with tert-alkyl or cyclic N) is 1. The highest BCUT2D eigenvalue weighted by Gasteiger charge is 2.54. The van der Waals surface area contributed by atoms with Gasteiger partial charge in [-0.1, -0.05) is 0 Å². The number of amides is 1. The normalized spacial score (nSPS) is 37.1. The predicted molar refractivity (Wildman–Crippen MR) is 58.8 cm³/mol. The summed E-state index contributed by atoms with van der Waals surface area (Å²) in [5, 5.41) is 12.7. The highest BCUT2D eigenvalue weighted by molar-refractivity contribution is 5.86. The summed E-state index contributed by atoms with van der Waals surface area (Å²) in [6.07, 6.45) is 0.0543. The fourth-order valence-corrected chi connectivity index (χ4v) is 2.65. The zero-order valence-corrected chi connectivity index (χ0v) is 9.59. The van der Waals surface area contributed by atoms with Crippen LogP contribution in [0, 0.1) is 5.92 Å². The number of carbonyl (C=O) groups is 1. The van der Waals surface area contributed by atoms with Gasteiger partial charge in [0.05, 0.1) is 6.10 Å². The summed E-state index contributed by atoms with van der Waals surface area (Å²) in [5.41, 5.74) is 4.86. The molecule has 1 amide bonds. The molecule has 2 fully saturated rings. The van der Waals surface area contributed by atoms with Crippen LogP contribution in [-0.4, -0.2) is 54.2 Å². The molecule has 5 nitrogen and oxygen atoms in total. The first kappa shape index (κ1) is 12.7. The topological polar surface area (TPSA) is 78.6 Å². The fourth-order valence-electron chi connectivity index (χ4n) is 2.65. The molecule has 0 aromatic rings. The molecule has 0 aliphatic carbocycles. The van der Waals surface area contributed by atoms with Crippen molar-refractivity contribution in [2.24, 2.45) is 11.7 Å². The van der Waals surface area contributed by atoms with Gasteiger partial charge in [-0.2, -0.15) is 0 Å². The Labute approximate surface area is 95.4 Å².